The molecule has 0 heterocycles. The van der Waals surface area contributed by atoms with Crippen molar-refractivity contribution in [2.45, 2.75) is 110 Å². The van der Waals surface area contributed by atoms with Crippen LogP contribution in [0.15, 0.2) is 24.3 Å². The zero-order valence-electron chi connectivity index (χ0n) is 20.6. The van der Waals surface area contributed by atoms with Gasteiger partial charge in [0.15, 0.2) is 0 Å². The molecule has 1 aromatic carbocycles. The lowest BCUT2D eigenvalue weighted by molar-refractivity contribution is 0.0725. The topological polar surface area (TPSA) is 108 Å². The molecule has 0 spiro atoms. The van der Waals surface area contributed by atoms with Gasteiger partial charge in [0.05, 0.1) is 0 Å². The first-order chi connectivity index (χ1) is 16.1. The van der Waals surface area contributed by atoms with Crippen LogP contribution in [0, 0.1) is 0 Å². The van der Waals surface area contributed by atoms with Crippen LogP contribution in [0.25, 0.3) is 0 Å². The van der Waals surface area contributed by atoms with Crippen molar-refractivity contribution in [3.05, 3.63) is 29.8 Å². The van der Waals surface area contributed by atoms with E-state index in [9.17, 15) is 14.7 Å². The van der Waals surface area contributed by atoms with Crippen molar-refractivity contribution < 1.29 is 14.7 Å². The zero-order chi connectivity index (χ0) is 24.2. The van der Waals surface area contributed by atoms with E-state index < -0.39 is 11.9 Å². The van der Waals surface area contributed by atoms with Crippen LogP contribution in [0.4, 0.5) is 4.79 Å². The molecule has 0 aliphatic rings. The predicted molar refractivity (Wildman–Crippen MR) is 135 cm³/mol. The molecular weight excluding hydrogens is 416 g/mol. The molecule has 0 aromatic heterocycles. The number of hydrogen-bond acceptors (Lipinski definition) is 5. The summed E-state index contributed by atoms with van der Waals surface area (Å²) in [6, 6.07) is 5.02. The summed E-state index contributed by atoms with van der Waals surface area (Å²) < 4.78 is 0. The summed E-state index contributed by atoms with van der Waals surface area (Å²) in [6.45, 7) is 2.78. The monoisotopic (exact) mass is 462 g/mol. The highest BCUT2D eigenvalue weighted by Crippen LogP contribution is 2.14. The first-order valence-corrected chi connectivity index (χ1v) is 13.0. The van der Waals surface area contributed by atoms with Gasteiger partial charge in [-0.05, 0) is 30.7 Å². The number of benzene rings is 1. The van der Waals surface area contributed by atoms with Gasteiger partial charge in [-0.1, -0.05) is 103 Å². The standard InChI is InChI=1S/C26H46N4O3/c1-2-3-4-5-6-7-8-9-10-11-12-13-14-15-16-17-22-28-30(26(33)29-27)25(32)23-18-20-24(31)21-19-23/h18-21,28,31H,2-17,22,27H2,1H3,(H,29,33). The van der Waals surface area contributed by atoms with E-state index in [0.717, 1.165) is 24.3 Å². The molecule has 1 aromatic rings. The van der Waals surface area contributed by atoms with Gasteiger partial charge in [-0.15, -0.1) is 0 Å². The van der Waals surface area contributed by atoms with Gasteiger partial charge in [-0.2, -0.15) is 5.01 Å². The van der Waals surface area contributed by atoms with Crippen LogP contribution in [-0.2, 0) is 0 Å². The summed E-state index contributed by atoms with van der Waals surface area (Å²) in [5.74, 6) is 4.74. The Morgan fingerprint density at radius 1 is 0.758 bits per heavy atom. The minimum Gasteiger partial charge on any atom is -0.508 e. The maximum atomic E-state index is 12.5. The van der Waals surface area contributed by atoms with Gasteiger partial charge < -0.3 is 5.11 Å². The summed E-state index contributed by atoms with van der Waals surface area (Å²) in [4.78, 5) is 24.5. The molecular formula is C26H46N4O3. The third kappa shape index (κ3) is 13.9. The summed E-state index contributed by atoms with van der Waals surface area (Å²) in [7, 11) is 0. The lowest BCUT2D eigenvalue weighted by atomic mass is 10.0. The van der Waals surface area contributed by atoms with Crippen molar-refractivity contribution in [2.24, 2.45) is 5.84 Å². The molecule has 0 fully saturated rings. The highest BCUT2D eigenvalue weighted by molar-refractivity contribution is 6.03. The average Bonchev–Trinajstić information content (AvgIpc) is 2.83. The Morgan fingerprint density at radius 3 is 1.61 bits per heavy atom. The van der Waals surface area contributed by atoms with Crippen molar-refractivity contribution in [3.8, 4) is 5.75 Å². The second kappa shape index (κ2) is 19.4. The number of nitrogens with one attached hydrogen (secondary N) is 2. The van der Waals surface area contributed by atoms with Crippen molar-refractivity contribution in [1.82, 2.24) is 15.9 Å². The molecule has 33 heavy (non-hydrogen) atoms. The van der Waals surface area contributed by atoms with Crippen molar-refractivity contribution in [2.75, 3.05) is 6.54 Å². The van der Waals surface area contributed by atoms with E-state index in [0.29, 0.717) is 6.54 Å². The molecule has 0 saturated heterocycles. The number of amides is 3. The van der Waals surface area contributed by atoms with E-state index in [1.54, 1.807) is 0 Å². The van der Waals surface area contributed by atoms with E-state index in [4.69, 9.17) is 5.84 Å². The summed E-state index contributed by atoms with van der Waals surface area (Å²) in [5, 5.41) is 10.2. The smallest absolute Gasteiger partial charge is 0.353 e. The number of hydrazine groups is 2. The molecule has 0 bridgehead atoms. The lowest BCUT2D eigenvalue weighted by Crippen LogP contribution is -2.53. The summed E-state index contributed by atoms with van der Waals surface area (Å²) in [6.07, 6.45) is 20.8. The minimum atomic E-state index is -0.718. The van der Waals surface area contributed by atoms with Crippen LogP contribution >= 0.6 is 0 Å². The zero-order valence-corrected chi connectivity index (χ0v) is 20.6. The molecule has 0 atom stereocenters. The van der Waals surface area contributed by atoms with E-state index >= 15 is 0 Å². The predicted octanol–water partition coefficient (Wildman–Crippen LogP) is 6.18. The Hall–Kier alpha value is -2.12. The van der Waals surface area contributed by atoms with Crippen LogP contribution in [0.3, 0.4) is 0 Å². The molecule has 7 nitrogen and oxygen atoms in total. The van der Waals surface area contributed by atoms with Gasteiger partial charge in [0.1, 0.15) is 5.75 Å². The van der Waals surface area contributed by atoms with Gasteiger partial charge in [0.25, 0.3) is 5.91 Å². The first kappa shape index (κ1) is 28.9. The number of carbonyl (C=O) groups excluding carboxylic acids is 2. The van der Waals surface area contributed by atoms with E-state index in [1.165, 1.54) is 108 Å². The molecule has 0 aliphatic heterocycles. The molecule has 5 N–H and O–H groups in total. The van der Waals surface area contributed by atoms with Gasteiger partial charge in [0, 0.05) is 12.1 Å². The number of unbranched alkanes of at least 4 members (excludes halogenated alkanes) is 15. The summed E-state index contributed by atoms with van der Waals surface area (Å²) in [5.41, 5.74) is 5.14. The largest absolute Gasteiger partial charge is 0.508 e. The number of rotatable bonds is 19. The maximum absolute atomic E-state index is 12.5. The fourth-order valence-corrected chi connectivity index (χ4v) is 3.90. The normalized spacial score (nSPS) is 10.8. The Kier molecular flexibility index (Phi) is 17.0. The highest BCUT2D eigenvalue weighted by Gasteiger charge is 2.21. The van der Waals surface area contributed by atoms with Gasteiger partial charge in [0.2, 0.25) is 0 Å². The maximum Gasteiger partial charge on any atom is 0.353 e. The van der Waals surface area contributed by atoms with E-state index in [-0.39, 0.29) is 11.3 Å². The number of urea groups is 1. The van der Waals surface area contributed by atoms with Crippen LogP contribution in [0.2, 0.25) is 0 Å². The van der Waals surface area contributed by atoms with Crippen LogP contribution in [0.5, 0.6) is 5.75 Å². The number of imide groups is 1. The lowest BCUT2D eigenvalue weighted by Gasteiger charge is -2.21. The van der Waals surface area contributed by atoms with Crippen LogP contribution in [-0.4, -0.2) is 28.6 Å². The molecule has 0 aliphatic carbocycles. The first-order valence-electron chi connectivity index (χ1n) is 13.0. The average molecular weight is 463 g/mol. The second-order valence-electron chi connectivity index (χ2n) is 8.85. The minimum absolute atomic E-state index is 0.0579. The van der Waals surface area contributed by atoms with Crippen molar-refractivity contribution in [1.29, 1.82) is 0 Å². The van der Waals surface area contributed by atoms with Crippen molar-refractivity contribution in [3.63, 3.8) is 0 Å². The molecule has 7 heteroatoms. The number of hydrogen-bond donors (Lipinski definition) is 4. The summed E-state index contributed by atoms with van der Waals surface area (Å²) >= 11 is 0. The Balaban J connectivity index is 2.03. The fraction of sp³-hybridized carbons (Fsp3) is 0.692. The molecule has 0 unspecified atom stereocenters. The third-order valence-electron chi connectivity index (χ3n) is 5.94. The molecule has 188 valence electrons. The Bertz CT molecular complexity index is 637. The van der Waals surface area contributed by atoms with Crippen LogP contribution in [0.1, 0.15) is 120 Å². The molecule has 0 saturated carbocycles. The number of nitrogens with zero attached hydrogens (tertiary/aromatic N) is 1. The van der Waals surface area contributed by atoms with E-state index in [2.05, 4.69) is 12.3 Å². The number of aromatic hydroxyl groups is 1. The second-order valence-corrected chi connectivity index (χ2v) is 8.85. The number of phenolic OH excluding ortho intramolecular Hbond substituents is 1. The molecule has 1 rings (SSSR count). The molecule has 3 amide bonds. The Labute approximate surface area is 200 Å². The van der Waals surface area contributed by atoms with Gasteiger partial charge in [-0.25, -0.2) is 16.1 Å². The SMILES string of the molecule is CCCCCCCCCCCCCCCCCCNN(C(=O)NN)C(=O)c1ccc(O)cc1. The van der Waals surface area contributed by atoms with Gasteiger partial charge in [-0.3, -0.25) is 10.2 Å². The highest BCUT2D eigenvalue weighted by atomic mass is 16.3. The van der Waals surface area contributed by atoms with Crippen LogP contribution < -0.4 is 16.7 Å². The number of nitrogens with two attached hydrogens (primary N) is 1. The fourth-order valence-electron chi connectivity index (χ4n) is 3.90. The molecule has 0 radical (unpaired) electrons. The Morgan fingerprint density at radius 2 is 1.18 bits per heavy atom. The quantitative estimate of drug-likeness (QED) is 0.0849. The number of carbonyl (C=O) groups is 2. The number of phenols is 1. The van der Waals surface area contributed by atoms with Crippen molar-refractivity contribution >= 4 is 11.9 Å². The van der Waals surface area contributed by atoms with Gasteiger partial charge >= 0.3 is 6.03 Å². The third-order valence-corrected chi connectivity index (χ3v) is 5.94. The van der Waals surface area contributed by atoms with E-state index in [1.807, 2.05) is 5.43 Å².